The van der Waals surface area contributed by atoms with Crippen LogP contribution in [0.3, 0.4) is 0 Å². The van der Waals surface area contributed by atoms with Crippen LogP contribution >= 0.6 is 24.0 Å². The monoisotopic (exact) mass is 464 g/mol. The van der Waals surface area contributed by atoms with Gasteiger partial charge in [-0.3, -0.25) is 4.79 Å². The maximum atomic E-state index is 11.7. The summed E-state index contributed by atoms with van der Waals surface area (Å²) in [6, 6.07) is 5.51. The average Bonchev–Trinajstić information content (AvgIpc) is 2.58. The summed E-state index contributed by atoms with van der Waals surface area (Å²) in [5, 5.41) is 6.42. The Morgan fingerprint density at radius 1 is 1.20 bits per heavy atom. The molecule has 0 bridgehead atoms. The van der Waals surface area contributed by atoms with Gasteiger partial charge in [0.15, 0.2) is 17.5 Å². The summed E-state index contributed by atoms with van der Waals surface area (Å²) >= 11 is 0. The van der Waals surface area contributed by atoms with Crippen LogP contribution in [-0.4, -0.2) is 58.2 Å². The molecule has 0 aromatic heterocycles. The Balaban J connectivity index is 0.00000576. The van der Waals surface area contributed by atoms with Crippen LogP contribution in [-0.2, 0) is 4.79 Å². The van der Waals surface area contributed by atoms with Crippen LogP contribution in [0.15, 0.2) is 23.2 Å². The molecule has 0 radical (unpaired) electrons. The zero-order valence-electron chi connectivity index (χ0n) is 15.6. The number of guanidine groups is 1. The van der Waals surface area contributed by atoms with Gasteiger partial charge in [-0.05, 0) is 18.6 Å². The summed E-state index contributed by atoms with van der Waals surface area (Å²) in [4.78, 5) is 17.6. The fourth-order valence-electron chi connectivity index (χ4n) is 1.86. The molecule has 0 saturated carbocycles. The molecular formula is C17H29IN4O3. The lowest BCUT2D eigenvalue weighted by molar-refractivity contribution is -0.127. The van der Waals surface area contributed by atoms with E-state index in [1.807, 2.05) is 18.2 Å². The molecule has 0 aliphatic rings. The first-order valence-electron chi connectivity index (χ1n) is 7.99. The van der Waals surface area contributed by atoms with Crippen LogP contribution < -0.4 is 20.1 Å². The van der Waals surface area contributed by atoms with E-state index in [1.165, 1.54) is 4.90 Å². The van der Waals surface area contributed by atoms with Gasteiger partial charge in [0.2, 0.25) is 5.91 Å². The number of halogens is 1. The molecule has 1 rings (SSSR count). The smallest absolute Gasteiger partial charge is 0.243 e. The second kappa shape index (κ2) is 12.6. The maximum absolute atomic E-state index is 11.7. The lowest BCUT2D eigenvalue weighted by atomic mass is 10.2. The number of unbranched alkanes of at least 4 members (excludes halogenated alkanes) is 1. The summed E-state index contributed by atoms with van der Waals surface area (Å²) < 4.78 is 10.5. The van der Waals surface area contributed by atoms with E-state index in [0.717, 1.165) is 25.1 Å². The van der Waals surface area contributed by atoms with Crippen LogP contribution in [0.2, 0.25) is 0 Å². The molecule has 1 amide bonds. The van der Waals surface area contributed by atoms with Gasteiger partial charge in [0.25, 0.3) is 0 Å². The maximum Gasteiger partial charge on any atom is 0.243 e. The second-order valence-corrected chi connectivity index (χ2v) is 5.43. The number of methoxy groups -OCH3 is 2. The van der Waals surface area contributed by atoms with E-state index in [2.05, 4.69) is 22.5 Å². The second-order valence-electron chi connectivity index (χ2n) is 5.43. The minimum atomic E-state index is -0.0566. The number of anilines is 1. The molecule has 0 aliphatic heterocycles. The summed E-state index contributed by atoms with van der Waals surface area (Å²) in [5.74, 6) is 1.79. The van der Waals surface area contributed by atoms with Crippen molar-refractivity contribution in [2.24, 2.45) is 4.99 Å². The molecule has 1 aromatic carbocycles. The van der Waals surface area contributed by atoms with Gasteiger partial charge >= 0.3 is 0 Å². The van der Waals surface area contributed by atoms with E-state index in [0.29, 0.717) is 17.5 Å². The number of aliphatic imine (C=N–C) groups is 1. The molecule has 0 atom stereocenters. The Hall–Kier alpha value is -1.71. The Kier molecular flexibility index (Phi) is 11.8. The molecule has 0 saturated heterocycles. The number of hydrogen-bond donors (Lipinski definition) is 2. The molecule has 142 valence electrons. The number of amides is 1. The number of carbonyl (C=O) groups is 1. The third-order valence-electron chi connectivity index (χ3n) is 3.34. The number of benzene rings is 1. The standard InChI is InChI=1S/C17H28N4O3.HI/c1-6-7-10-18-17(19-12-16(22)21(2)3)20-13-8-9-14(23-4)15(11-13)24-5;/h8-9,11H,6-7,10,12H2,1-5H3,(H2,18,19,20);1H. The quantitative estimate of drug-likeness (QED) is 0.268. The summed E-state index contributed by atoms with van der Waals surface area (Å²) in [5.41, 5.74) is 0.799. The fraction of sp³-hybridized carbons (Fsp3) is 0.529. The molecule has 1 aromatic rings. The molecule has 0 heterocycles. The molecule has 25 heavy (non-hydrogen) atoms. The van der Waals surface area contributed by atoms with Gasteiger partial charge in [-0.1, -0.05) is 13.3 Å². The van der Waals surface area contributed by atoms with Gasteiger partial charge in [0.1, 0.15) is 6.54 Å². The van der Waals surface area contributed by atoms with Crippen molar-refractivity contribution in [3.8, 4) is 11.5 Å². The first-order chi connectivity index (χ1) is 11.5. The SMILES string of the molecule is CCCCNC(=NCC(=O)N(C)C)Nc1ccc(OC)c(OC)c1.I. The van der Waals surface area contributed by atoms with Crippen LogP contribution in [0.25, 0.3) is 0 Å². The molecule has 0 aliphatic carbocycles. The van der Waals surface area contributed by atoms with Crippen molar-refractivity contribution in [2.75, 3.05) is 46.7 Å². The number of likely N-dealkylation sites (N-methyl/N-ethyl adjacent to an activating group) is 1. The Labute approximate surface area is 167 Å². The Morgan fingerprint density at radius 3 is 2.44 bits per heavy atom. The molecule has 8 heteroatoms. The average molecular weight is 464 g/mol. The first-order valence-corrected chi connectivity index (χ1v) is 7.99. The normalized spacial score (nSPS) is 10.5. The highest BCUT2D eigenvalue weighted by Crippen LogP contribution is 2.29. The highest BCUT2D eigenvalue weighted by atomic mass is 127. The minimum absolute atomic E-state index is 0. The number of carbonyl (C=O) groups excluding carboxylic acids is 1. The van der Waals surface area contributed by atoms with E-state index in [1.54, 1.807) is 28.3 Å². The third kappa shape index (κ3) is 8.28. The first kappa shape index (κ1) is 23.3. The van der Waals surface area contributed by atoms with Crippen LogP contribution in [0.4, 0.5) is 5.69 Å². The number of hydrogen-bond acceptors (Lipinski definition) is 4. The molecule has 0 fully saturated rings. The Morgan fingerprint density at radius 2 is 1.88 bits per heavy atom. The van der Waals surface area contributed by atoms with Gasteiger partial charge in [0, 0.05) is 32.4 Å². The van der Waals surface area contributed by atoms with Crippen molar-refractivity contribution in [1.82, 2.24) is 10.2 Å². The highest BCUT2D eigenvalue weighted by Gasteiger charge is 2.08. The van der Waals surface area contributed by atoms with Crippen molar-refractivity contribution in [1.29, 1.82) is 0 Å². The number of nitrogens with one attached hydrogen (secondary N) is 2. The zero-order valence-corrected chi connectivity index (χ0v) is 17.9. The summed E-state index contributed by atoms with van der Waals surface area (Å²) in [6.45, 7) is 2.99. The summed E-state index contributed by atoms with van der Waals surface area (Å²) in [6.07, 6.45) is 2.10. The minimum Gasteiger partial charge on any atom is -0.493 e. The van der Waals surface area contributed by atoms with E-state index in [9.17, 15) is 4.79 Å². The van der Waals surface area contributed by atoms with Crippen molar-refractivity contribution in [3.05, 3.63) is 18.2 Å². The molecule has 0 unspecified atom stereocenters. The van der Waals surface area contributed by atoms with Gasteiger partial charge in [-0.2, -0.15) is 0 Å². The van der Waals surface area contributed by atoms with Gasteiger partial charge in [-0.15, -0.1) is 24.0 Å². The molecule has 2 N–H and O–H groups in total. The largest absolute Gasteiger partial charge is 0.493 e. The van der Waals surface area contributed by atoms with E-state index >= 15 is 0 Å². The number of ether oxygens (including phenoxy) is 2. The predicted molar refractivity (Wildman–Crippen MR) is 112 cm³/mol. The lowest BCUT2D eigenvalue weighted by Gasteiger charge is -2.15. The molecule has 0 spiro atoms. The van der Waals surface area contributed by atoms with Crippen LogP contribution in [0, 0.1) is 0 Å². The van der Waals surface area contributed by atoms with E-state index in [4.69, 9.17) is 9.47 Å². The Bertz CT molecular complexity index is 565. The van der Waals surface area contributed by atoms with Crippen molar-refractivity contribution in [2.45, 2.75) is 19.8 Å². The predicted octanol–water partition coefficient (Wildman–Crippen LogP) is 2.57. The zero-order chi connectivity index (χ0) is 17.9. The summed E-state index contributed by atoms with van der Waals surface area (Å²) in [7, 11) is 6.61. The van der Waals surface area contributed by atoms with E-state index in [-0.39, 0.29) is 36.4 Å². The van der Waals surface area contributed by atoms with Crippen LogP contribution in [0.1, 0.15) is 19.8 Å². The van der Waals surface area contributed by atoms with Crippen molar-refractivity contribution in [3.63, 3.8) is 0 Å². The van der Waals surface area contributed by atoms with Crippen molar-refractivity contribution < 1.29 is 14.3 Å². The van der Waals surface area contributed by atoms with Gasteiger partial charge in [-0.25, -0.2) is 4.99 Å². The third-order valence-corrected chi connectivity index (χ3v) is 3.34. The van der Waals surface area contributed by atoms with Crippen LogP contribution in [0.5, 0.6) is 11.5 Å². The highest BCUT2D eigenvalue weighted by molar-refractivity contribution is 14.0. The number of rotatable bonds is 8. The molecular weight excluding hydrogens is 435 g/mol. The number of nitrogens with zero attached hydrogens (tertiary/aromatic N) is 2. The van der Waals surface area contributed by atoms with Gasteiger partial charge in [0.05, 0.1) is 14.2 Å². The van der Waals surface area contributed by atoms with Crippen molar-refractivity contribution >= 4 is 41.5 Å². The lowest BCUT2D eigenvalue weighted by Crippen LogP contribution is -2.33. The topological polar surface area (TPSA) is 75.2 Å². The molecule has 7 nitrogen and oxygen atoms in total. The fourth-order valence-corrected chi connectivity index (χ4v) is 1.86. The van der Waals surface area contributed by atoms with Gasteiger partial charge < -0.3 is 25.0 Å². The van der Waals surface area contributed by atoms with E-state index < -0.39 is 0 Å².